The van der Waals surface area contributed by atoms with Gasteiger partial charge in [0.05, 0.1) is 26.4 Å². The number of carbonyl (C=O) groups is 1. The molecular weight excluding hydrogens is 539 g/mol. The molecule has 0 unspecified atom stereocenters. The van der Waals surface area contributed by atoms with Crippen molar-refractivity contribution in [3.8, 4) is 0 Å². The Morgan fingerprint density at radius 3 is 2.19 bits per heavy atom. The predicted octanol–water partition coefficient (Wildman–Crippen LogP) is 3.70. The van der Waals surface area contributed by atoms with Gasteiger partial charge in [0.1, 0.15) is 5.82 Å². The van der Waals surface area contributed by atoms with Crippen LogP contribution in [-0.2, 0) is 22.6 Å². The van der Waals surface area contributed by atoms with Crippen LogP contribution in [0.25, 0.3) is 0 Å². The van der Waals surface area contributed by atoms with E-state index in [9.17, 15) is 9.18 Å². The van der Waals surface area contributed by atoms with Gasteiger partial charge in [0.25, 0.3) is 5.91 Å². The lowest BCUT2D eigenvalue weighted by atomic mass is 9.96. The van der Waals surface area contributed by atoms with E-state index in [-0.39, 0.29) is 11.7 Å². The van der Waals surface area contributed by atoms with Crippen LogP contribution in [0.1, 0.15) is 53.6 Å². The Bertz CT molecular complexity index is 1240. The van der Waals surface area contributed by atoms with Gasteiger partial charge in [-0.2, -0.15) is 15.0 Å². The number of carbonyl (C=O) groups excluding carboxylic acids is 1. The maximum atomic E-state index is 13.6. The van der Waals surface area contributed by atoms with Gasteiger partial charge in [0.2, 0.25) is 17.8 Å². The molecule has 1 saturated carbocycles. The Hall–Kier alpha value is -3.87. The first-order chi connectivity index (χ1) is 20.6. The Balaban J connectivity index is 1.30. The van der Waals surface area contributed by atoms with Crippen molar-refractivity contribution in [3.63, 3.8) is 0 Å². The van der Waals surface area contributed by atoms with E-state index < -0.39 is 0 Å². The molecule has 226 valence electrons. The molecule has 42 heavy (non-hydrogen) atoms. The third-order valence-corrected chi connectivity index (χ3v) is 6.75. The van der Waals surface area contributed by atoms with Crippen molar-refractivity contribution < 1.29 is 18.7 Å². The standard InChI is InChI=1S/C30H41FN8O3/c31-25-6-4-5-23(19-25)21-35-29-37-28(38-30(39-29)36-26-7-2-1-3-8-26)34-20-22-9-11-24(12-10-22)27(40)33-14-16-42-18-17-41-15-13-32/h4-6,9-12,19,26H,1-3,7-8,13-18,20-21,32H2,(H,33,40)(H3,34,35,36,37,38,39). The molecule has 4 rings (SSSR count). The van der Waals surface area contributed by atoms with Gasteiger partial charge in [0, 0.05) is 37.8 Å². The summed E-state index contributed by atoms with van der Waals surface area (Å²) in [5.74, 6) is 0.863. The number of benzene rings is 2. The van der Waals surface area contributed by atoms with Crippen LogP contribution >= 0.6 is 0 Å². The number of ether oxygens (including phenoxy) is 2. The Morgan fingerprint density at radius 2 is 1.50 bits per heavy atom. The molecule has 1 aromatic heterocycles. The number of nitrogens with two attached hydrogens (primary N) is 1. The maximum Gasteiger partial charge on any atom is 0.251 e. The summed E-state index contributed by atoms with van der Waals surface area (Å²) in [6.45, 7) is 3.58. The second kappa shape index (κ2) is 17.2. The third kappa shape index (κ3) is 10.8. The average Bonchev–Trinajstić information content (AvgIpc) is 3.01. The molecule has 0 aliphatic heterocycles. The minimum Gasteiger partial charge on any atom is -0.378 e. The number of hydrogen-bond donors (Lipinski definition) is 5. The average molecular weight is 581 g/mol. The Kier molecular flexibility index (Phi) is 12.7. The number of halogens is 1. The van der Waals surface area contributed by atoms with E-state index in [2.05, 4.69) is 36.2 Å². The highest BCUT2D eigenvalue weighted by Crippen LogP contribution is 2.21. The molecule has 1 aliphatic carbocycles. The lowest BCUT2D eigenvalue weighted by Crippen LogP contribution is -2.27. The predicted molar refractivity (Wildman–Crippen MR) is 161 cm³/mol. The second-order valence-corrected chi connectivity index (χ2v) is 10.1. The van der Waals surface area contributed by atoms with Crippen LogP contribution in [0.15, 0.2) is 48.5 Å². The van der Waals surface area contributed by atoms with Crippen LogP contribution in [0.3, 0.4) is 0 Å². The molecule has 1 fully saturated rings. The fourth-order valence-corrected chi connectivity index (χ4v) is 4.56. The molecule has 3 aromatic rings. The van der Waals surface area contributed by atoms with Gasteiger partial charge in [-0.25, -0.2) is 4.39 Å². The third-order valence-electron chi connectivity index (χ3n) is 6.75. The monoisotopic (exact) mass is 580 g/mol. The van der Waals surface area contributed by atoms with Crippen molar-refractivity contribution >= 4 is 23.8 Å². The first kappa shape index (κ1) is 31.1. The summed E-state index contributed by atoms with van der Waals surface area (Å²) in [6.07, 6.45) is 5.79. The summed E-state index contributed by atoms with van der Waals surface area (Å²) in [7, 11) is 0. The van der Waals surface area contributed by atoms with Crippen molar-refractivity contribution in [1.82, 2.24) is 20.3 Å². The van der Waals surface area contributed by atoms with Crippen LogP contribution in [0.2, 0.25) is 0 Å². The number of nitrogens with one attached hydrogen (secondary N) is 4. The molecule has 0 radical (unpaired) electrons. The van der Waals surface area contributed by atoms with Gasteiger partial charge < -0.3 is 36.5 Å². The summed E-state index contributed by atoms with van der Waals surface area (Å²) >= 11 is 0. The zero-order valence-electron chi connectivity index (χ0n) is 23.9. The quantitative estimate of drug-likeness (QED) is 0.150. The number of hydrogen-bond acceptors (Lipinski definition) is 10. The minimum absolute atomic E-state index is 0.164. The molecule has 1 heterocycles. The number of amides is 1. The van der Waals surface area contributed by atoms with Crippen molar-refractivity contribution in [1.29, 1.82) is 0 Å². The van der Waals surface area contributed by atoms with Crippen LogP contribution in [0.5, 0.6) is 0 Å². The normalized spacial score (nSPS) is 13.5. The first-order valence-corrected chi connectivity index (χ1v) is 14.6. The van der Waals surface area contributed by atoms with Crippen LogP contribution in [0, 0.1) is 5.82 Å². The van der Waals surface area contributed by atoms with Gasteiger partial charge in [-0.05, 0) is 48.2 Å². The number of aromatic nitrogens is 3. The van der Waals surface area contributed by atoms with Gasteiger partial charge >= 0.3 is 0 Å². The lowest BCUT2D eigenvalue weighted by molar-refractivity contribution is 0.0511. The van der Waals surface area contributed by atoms with E-state index in [4.69, 9.17) is 15.2 Å². The largest absolute Gasteiger partial charge is 0.378 e. The topological polar surface area (TPSA) is 148 Å². The fraction of sp³-hybridized carbons (Fsp3) is 0.467. The Labute approximate surface area is 246 Å². The maximum absolute atomic E-state index is 13.6. The van der Waals surface area contributed by atoms with Gasteiger partial charge in [-0.3, -0.25) is 4.79 Å². The van der Waals surface area contributed by atoms with Crippen molar-refractivity contribution in [2.45, 2.75) is 51.2 Å². The number of anilines is 3. The molecule has 1 aliphatic rings. The smallest absolute Gasteiger partial charge is 0.251 e. The molecule has 0 atom stereocenters. The van der Waals surface area contributed by atoms with Gasteiger partial charge in [-0.1, -0.05) is 43.5 Å². The van der Waals surface area contributed by atoms with Crippen molar-refractivity contribution in [2.24, 2.45) is 5.73 Å². The Morgan fingerprint density at radius 1 is 0.833 bits per heavy atom. The van der Waals surface area contributed by atoms with Crippen molar-refractivity contribution in [2.75, 3.05) is 55.5 Å². The highest BCUT2D eigenvalue weighted by Gasteiger charge is 2.16. The fourth-order valence-electron chi connectivity index (χ4n) is 4.56. The zero-order chi connectivity index (χ0) is 29.4. The molecular formula is C30H41FN8O3. The first-order valence-electron chi connectivity index (χ1n) is 14.6. The number of rotatable bonds is 17. The highest BCUT2D eigenvalue weighted by molar-refractivity contribution is 5.94. The molecule has 6 N–H and O–H groups in total. The molecule has 11 nitrogen and oxygen atoms in total. The van der Waals surface area contributed by atoms with E-state index in [0.29, 0.717) is 82.1 Å². The number of nitrogens with zero attached hydrogens (tertiary/aromatic N) is 3. The van der Waals surface area contributed by atoms with Gasteiger partial charge in [-0.15, -0.1) is 0 Å². The summed E-state index contributed by atoms with van der Waals surface area (Å²) in [4.78, 5) is 26.1. The molecule has 0 spiro atoms. The summed E-state index contributed by atoms with van der Waals surface area (Å²) in [6, 6.07) is 14.1. The zero-order valence-corrected chi connectivity index (χ0v) is 23.9. The van der Waals surface area contributed by atoms with Crippen LogP contribution < -0.4 is 27.0 Å². The molecule has 0 bridgehead atoms. The molecule has 2 aromatic carbocycles. The minimum atomic E-state index is -0.287. The molecule has 0 saturated heterocycles. The summed E-state index contributed by atoms with van der Waals surface area (Å²) in [5.41, 5.74) is 7.68. The molecule has 12 heteroatoms. The molecule has 1 amide bonds. The summed E-state index contributed by atoms with van der Waals surface area (Å²) in [5, 5.41) is 12.8. The van der Waals surface area contributed by atoms with Crippen LogP contribution in [0.4, 0.5) is 22.2 Å². The van der Waals surface area contributed by atoms with Crippen LogP contribution in [-0.4, -0.2) is 66.4 Å². The van der Waals surface area contributed by atoms with Gasteiger partial charge in [0.15, 0.2) is 0 Å². The van der Waals surface area contributed by atoms with E-state index in [0.717, 1.165) is 24.0 Å². The highest BCUT2D eigenvalue weighted by atomic mass is 19.1. The van der Waals surface area contributed by atoms with E-state index in [1.807, 2.05) is 18.2 Å². The SMILES string of the molecule is NCCOCCOCCNC(=O)c1ccc(CNc2nc(NCc3cccc(F)c3)nc(NC3CCCCC3)n2)cc1. The van der Waals surface area contributed by atoms with E-state index in [1.165, 1.54) is 31.4 Å². The van der Waals surface area contributed by atoms with Crippen molar-refractivity contribution in [3.05, 3.63) is 71.0 Å². The lowest BCUT2D eigenvalue weighted by Gasteiger charge is -2.23. The van der Waals surface area contributed by atoms with E-state index >= 15 is 0 Å². The second-order valence-electron chi connectivity index (χ2n) is 10.1. The van der Waals surface area contributed by atoms with E-state index in [1.54, 1.807) is 18.2 Å². The summed E-state index contributed by atoms with van der Waals surface area (Å²) < 4.78 is 24.3.